The molecule has 1 heterocycles. The van der Waals surface area contributed by atoms with Crippen LogP contribution in [0.4, 0.5) is 0 Å². The summed E-state index contributed by atoms with van der Waals surface area (Å²) in [5.41, 5.74) is 3.41. The average Bonchev–Trinajstić information content (AvgIpc) is 2.67. The predicted octanol–water partition coefficient (Wildman–Crippen LogP) is 3.45. The van der Waals surface area contributed by atoms with Crippen LogP contribution in [0.5, 0.6) is 5.75 Å². The monoisotopic (exact) mass is 341 g/mol. The van der Waals surface area contributed by atoms with E-state index in [-0.39, 0.29) is 5.56 Å². The number of rotatable bonds is 5. The summed E-state index contributed by atoms with van der Waals surface area (Å²) in [6, 6.07) is 13.9. The highest BCUT2D eigenvalue weighted by atomic mass is 16.5. The lowest BCUT2D eigenvalue weighted by atomic mass is 9.99. The van der Waals surface area contributed by atoms with Gasteiger partial charge in [0.05, 0.1) is 20.3 Å². The molecule has 1 N–H and O–H groups in total. The number of hydrogen-bond acceptors (Lipinski definition) is 4. The first kappa shape index (κ1) is 17.5. The van der Waals surface area contributed by atoms with Gasteiger partial charge in [-0.2, -0.15) is 0 Å². The summed E-state index contributed by atoms with van der Waals surface area (Å²) < 4.78 is 10.6. The molecule has 1 aliphatic heterocycles. The van der Waals surface area contributed by atoms with Gasteiger partial charge in [0, 0.05) is 19.1 Å². The van der Waals surface area contributed by atoms with Gasteiger partial charge in [0.1, 0.15) is 11.3 Å². The lowest BCUT2D eigenvalue weighted by Gasteiger charge is -2.32. The number of carbonyl (C=O) groups is 1. The zero-order valence-corrected chi connectivity index (χ0v) is 14.6. The third-order valence-electron chi connectivity index (χ3n) is 4.75. The van der Waals surface area contributed by atoms with Gasteiger partial charge in [0.15, 0.2) is 0 Å². The van der Waals surface area contributed by atoms with Crippen LogP contribution in [-0.4, -0.2) is 49.4 Å². The second kappa shape index (κ2) is 7.68. The van der Waals surface area contributed by atoms with E-state index < -0.39 is 5.97 Å². The SMILES string of the molecule is COc1cc(-c2ccc([C@@H](C)N3CCOCC3)cc2)ccc1C(=O)O. The molecule has 1 saturated heterocycles. The van der Waals surface area contributed by atoms with Crippen LogP contribution in [0.15, 0.2) is 42.5 Å². The standard InChI is InChI=1S/C20H23NO4/c1-14(21-9-11-25-12-10-21)15-3-5-16(6-4-15)17-7-8-18(20(22)23)19(13-17)24-2/h3-8,13-14H,9-12H2,1-2H3,(H,22,23)/t14-/m1/s1. The maximum Gasteiger partial charge on any atom is 0.339 e. The summed E-state index contributed by atoms with van der Waals surface area (Å²) in [5, 5.41) is 9.19. The van der Waals surface area contributed by atoms with Crippen LogP contribution in [0.3, 0.4) is 0 Å². The Kier molecular flexibility index (Phi) is 5.36. The molecular weight excluding hydrogens is 318 g/mol. The normalized spacial score (nSPS) is 16.4. The van der Waals surface area contributed by atoms with Crippen LogP contribution < -0.4 is 4.74 Å². The molecule has 0 bridgehead atoms. The molecule has 0 amide bonds. The number of hydrogen-bond donors (Lipinski definition) is 1. The third kappa shape index (κ3) is 3.83. The molecule has 0 radical (unpaired) electrons. The molecule has 5 nitrogen and oxygen atoms in total. The zero-order valence-electron chi connectivity index (χ0n) is 14.6. The zero-order chi connectivity index (χ0) is 17.8. The van der Waals surface area contributed by atoms with Crippen LogP contribution in [0.2, 0.25) is 0 Å². The number of ether oxygens (including phenoxy) is 2. The number of nitrogens with zero attached hydrogens (tertiary/aromatic N) is 1. The summed E-state index contributed by atoms with van der Waals surface area (Å²) >= 11 is 0. The quantitative estimate of drug-likeness (QED) is 0.902. The van der Waals surface area contributed by atoms with E-state index in [1.165, 1.54) is 12.7 Å². The van der Waals surface area contributed by atoms with Crippen molar-refractivity contribution in [2.75, 3.05) is 33.4 Å². The van der Waals surface area contributed by atoms with Gasteiger partial charge in [0.2, 0.25) is 0 Å². The van der Waals surface area contributed by atoms with Crippen molar-refractivity contribution in [3.8, 4) is 16.9 Å². The molecule has 1 fully saturated rings. The molecule has 2 aromatic carbocycles. The Morgan fingerprint density at radius 3 is 2.36 bits per heavy atom. The Bertz CT molecular complexity index is 736. The Morgan fingerprint density at radius 1 is 1.12 bits per heavy atom. The van der Waals surface area contributed by atoms with Gasteiger partial charge >= 0.3 is 5.97 Å². The molecular formula is C20H23NO4. The molecule has 0 saturated carbocycles. The molecule has 0 aromatic heterocycles. The van der Waals surface area contributed by atoms with Crippen molar-refractivity contribution in [1.29, 1.82) is 0 Å². The van der Waals surface area contributed by atoms with Crippen LogP contribution >= 0.6 is 0 Å². The van der Waals surface area contributed by atoms with Crippen molar-refractivity contribution in [3.05, 3.63) is 53.6 Å². The fourth-order valence-corrected chi connectivity index (χ4v) is 3.18. The van der Waals surface area contributed by atoms with Gasteiger partial charge < -0.3 is 14.6 Å². The van der Waals surface area contributed by atoms with Gasteiger partial charge in [-0.15, -0.1) is 0 Å². The van der Waals surface area contributed by atoms with E-state index in [2.05, 4.69) is 36.1 Å². The minimum absolute atomic E-state index is 0.170. The van der Waals surface area contributed by atoms with E-state index in [4.69, 9.17) is 9.47 Å². The molecule has 2 aromatic rings. The van der Waals surface area contributed by atoms with Crippen LogP contribution in [0, 0.1) is 0 Å². The summed E-state index contributed by atoms with van der Waals surface area (Å²) in [6.07, 6.45) is 0. The fourth-order valence-electron chi connectivity index (χ4n) is 3.18. The number of aromatic carboxylic acids is 1. The Balaban J connectivity index is 1.81. The van der Waals surface area contributed by atoms with Crippen molar-refractivity contribution in [2.45, 2.75) is 13.0 Å². The van der Waals surface area contributed by atoms with Gasteiger partial charge in [0.25, 0.3) is 0 Å². The molecule has 0 unspecified atom stereocenters. The van der Waals surface area contributed by atoms with E-state index in [0.29, 0.717) is 11.8 Å². The number of methoxy groups -OCH3 is 1. The van der Waals surface area contributed by atoms with E-state index in [1.54, 1.807) is 12.1 Å². The molecule has 25 heavy (non-hydrogen) atoms. The average molecular weight is 341 g/mol. The molecule has 1 aliphatic rings. The maximum absolute atomic E-state index is 11.2. The van der Waals surface area contributed by atoms with Crippen LogP contribution in [0.1, 0.15) is 28.9 Å². The molecule has 1 atom stereocenters. The predicted molar refractivity (Wildman–Crippen MR) is 96.2 cm³/mol. The minimum atomic E-state index is -0.988. The van der Waals surface area contributed by atoms with E-state index >= 15 is 0 Å². The highest BCUT2D eigenvalue weighted by Gasteiger charge is 2.18. The number of carboxylic acid groups (broad SMARTS) is 1. The first-order valence-corrected chi connectivity index (χ1v) is 8.43. The number of benzene rings is 2. The van der Waals surface area contributed by atoms with Crippen molar-refractivity contribution in [1.82, 2.24) is 4.90 Å². The van der Waals surface area contributed by atoms with Crippen molar-refractivity contribution in [2.24, 2.45) is 0 Å². The molecule has 5 heteroatoms. The summed E-state index contributed by atoms with van der Waals surface area (Å²) in [4.78, 5) is 13.6. The van der Waals surface area contributed by atoms with Gasteiger partial charge in [-0.25, -0.2) is 4.79 Å². The second-order valence-corrected chi connectivity index (χ2v) is 6.17. The van der Waals surface area contributed by atoms with Crippen LogP contribution in [0.25, 0.3) is 11.1 Å². The van der Waals surface area contributed by atoms with Gasteiger partial charge in [-0.3, -0.25) is 4.90 Å². The Hall–Kier alpha value is -2.37. The lowest BCUT2D eigenvalue weighted by molar-refractivity contribution is 0.0198. The van der Waals surface area contributed by atoms with E-state index in [0.717, 1.165) is 37.4 Å². The molecule has 3 rings (SSSR count). The minimum Gasteiger partial charge on any atom is -0.496 e. The first-order chi connectivity index (χ1) is 12.1. The van der Waals surface area contributed by atoms with E-state index in [1.807, 2.05) is 6.07 Å². The highest BCUT2D eigenvalue weighted by molar-refractivity contribution is 5.92. The van der Waals surface area contributed by atoms with Crippen molar-refractivity contribution >= 4 is 5.97 Å². The van der Waals surface area contributed by atoms with Gasteiger partial charge in [-0.1, -0.05) is 30.3 Å². The topological polar surface area (TPSA) is 59.0 Å². The molecule has 0 aliphatic carbocycles. The summed E-state index contributed by atoms with van der Waals surface area (Å²) in [6.45, 7) is 5.70. The number of morpholine rings is 1. The first-order valence-electron chi connectivity index (χ1n) is 8.43. The largest absolute Gasteiger partial charge is 0.496 e. The lowest BCUT2D eigenvalue weighted by Crippen LogP contribution is -2.37. The smallest absolute Gasteiger partial charge is 0.339 e. The number of carboxylic acids is 1. The Morgan fingerprint density at radius 2 is 1.76 bits per heavy atom. The van der Waals surface area contributed by atoms with Crippen molar-refractivity contribution < 1.29 is 19.4 Å². The second-order valence-electron chi connectivity index (χ2n) is 6.17. The molecule has 132 valence electrons. The third-order valence-corrected chi connectivity index (χ3v) is 4.75. The Labute approximate surface area is 147 Å². The summed E-state index contributed by atoms with van der Waals surface area (Å²) in [5.74, 6) is -0.617. The maximum atomic E-state index is 11.2. The van der Waals surface area contributed by atoms with Crippen molar-refractivity contribution in [3.63, 3.8) is 0 Å². The fraction of sp³-hybridized carbons (Fsp3) is 0.350. The van der Waals surface area contributed by atoms with E-state index in [9.17, 15) is 9.90 Å². The highest BCUT2D eigenvalue weighted by Crippen LogP contribution is 2.29. The molecule has 0 spiro atoms. The van der Waals surface area contributed by atoms with Gasteiger partial charge in [-0.05, 0) is 35.7 Å². The summed E-state index contributed by atoms with van der Waals surface area (Å²) in [7, 11) is 1.48. The van der Waals surface area contributed by atoms with Crippen LogP contribution in [-0.2, 0) is 4.74 Å².